The number of hydrogen-bond acceptors (Lipinski definition) is 4. The van der Waals surface area contributed by atoms with E-state index >= 15 is 0 Å². The van der Waals surface area contributed by atoms with Crippen LogP contribution in [0, 0.1) is 11.7 Å². The highest BCUT2D eigenvalue weighted by Gasteiger charge is 2.29. The van der Waals surface area contributed by atoms with Crippen molar-refractivity contribution in [1.29, 1.82) is 0 Å². The van der Waals surface area contributed by atoms with E-state index in [0.29, 0.717) is 31.3 Å². The Balaban J connectivity index is 1.79. The van der Waals surface area contributed by atoms with Gasteiger partial charge in [0.1, 0.15) is 0 Å². The first kappa shape index (κ1) is 23.5. The standard InChI is InChI=1S/C27H34FN3O2/c1-4-22(32)17-30(16-20-14-15-20)18-23-26(19(2)3)29-31(21-10-6-5-7-11-21)27(23)33-25-13-9-8-12-24(25)28/h5-13,19-20,22,32H,4,14-18H2,1-3H3. The second-order valence-electron chi connectivity index (χ2n) is 9.30. The molecule has 176 valence electrons. The van der Waals surface area contributed by atoms with E-state index in [1.54, 1.807) is 22.9 Å². The molecule has 1 N–H and O–H groups in total. The topological polar surface area (TPSA) is 50.5 Å². The van der Waals surface area contributed by atoms with Gasteiger partial charge in [0.25, 0.3) is 0 Å². The summed E-state index contributed by atoms with van der Waals surface area (Å²) in [6.45, 7) is 8.35. The number of aliphatic hydroxyl groups is 1. The van der Waals surface area contributed by atoms with Crippen molar-refractivity contribution in [1.82, 2.24) is 14.7 Å². The largest absolute Gasteiger partial charge is 0.435 e. The minimum atomic E-state index is -0.411. The Bertz CT molecular complexity index is 1050. The molecule has 0 saturated heterocycles. The van der Waals surface area contributed by atoms with Crippen LogP contribution in [0.25, 0.3) is 5.69 Å². The van der Waals surface area contributed by atoms with Gasteiger partial charge in [-0.05, 0) is 55.4 Å². The molecule has 0 radical (unpaired) electrons. The van der Waals surface area contributed by atoms with Crippen molar-refractivity contribution in [2.45, 2.75) is 58.6 Å². The number of ether oxygens (including phenoxy) is 1. The second-order valence-corrected chi connectivity index (χ2v) is 9.30. The SMILES string of the molecule is CCC(O)CN(Cc1c(C(C)C)nn(-c2ccccc2)c1Oc1ccccc1F)CC1CC1. The summed E-state index contributed by atoms with van der Waals surface area (Å²) < 4.78 is 22.6. The smallest absolute Gasteiger partial charge is 0.227 e. The summed E-state index contributed by atoms with van der Waals surface area (Å²) in [5.41, 5.74) is 2.73. The van der Waals surface area contributed by atoms with Crippen LogP contribution in [0.5, 0.6) is 11.6 Å². The molecule has 4 rings (SSSR count). The molecule has 3 aromatic rings. The van der Waals surface area contributed by atoms with Gasteiger partial charge >= 0.3 is 0 Å². The van der Waals surface area contributed by atoms with Gasteiger partial charge in [-0.2, -0.15) is 5.10 Å². The molecule has 1 aliphatic carbocycles. The Morgan fingerprint density at radius 3 is 2.45 bits per heavy atom. The number of rotatable bonds is 11. The number of aliphatic hydroxyl groups excluding tert-OH is 1. The fraction of sp³-hybridized carbons (Fsp3) is 0.444. The Morgan fingerprint density at radius 2 is 1.82 bits per heavy atom. The van der Waals surface area contributed by atoms with Crippen molar-refractivity contribution in [3.05, 3.63) is 71.7 Å². The molecule has 33 heavy (non-hydrogen) atoms. The average Bonchev–Trinajstić information content (AvgIpc) is 3.56. The minimum Gasteiger partial charge on any atom is -0.435 e. The fourth-order valence-corrected chi connectivity index (χ4v) is 4.06. The van der Waals surface area contributed by atoms with Crippen molar-refractivity contribution >= 4 is 0 Å². The molecule has 1 saturated carbocycles. The lowest BCUT2D eigenvalue weighted by molar-refractivity contribution is 0.102. The predicted molar refractivity (Wildman–Crippen MR) is 128 cm³/mol. The van der Waals surface area contributed by atoms with Gasteiger partial charge in [0.05, 0.1) is 23.0 Å². The third-order valence-electron chi connectivity index (χ3n) is 6.09. The van der Waals surface area contributed by atoms with Crippen LogP contribution in [0.15, 0.2) is 54.6 Å². The third-order valence-corrected chi connectivity index (χ3v) is 6.09. The summed E-state index contributed by atoms with van der Waals surface area (Å²) in [4.78, 5) is 2.30. The molecular weight excluding hydrogens is 417 g/mol. The lowest BCUT2D eigenvalue weighted by Crippen LogP contribution is -2.33. The van der Waals surface area contributed by atoms with Gasteiger partial charge < -0.3 is 9.84 Å². The molecule has 1 aromatic heterocycles. The molecule has 5 nitrogen and oxygen atoms in total. The molecule has 1 aliphatic rings. The van der Waals surface area contributed by atoms with Crippen molar-refractivity contribution in [3.63, 3.8) is 0 Å². The highest BCUT2D eigenvalue weighted by atomic mass is 19.1. The highest BCUT2D eigenvalue weighted by molar-refractivity contribution is 5.44. The van der Waals surface area contributed by atoms with Crippen molar-refractivity contribution in [2.24, 2.45) is 5.92 Å². The van der Waals surface area contributed by atoms with E-state index in [9.17, 15) is 9.50 Å². The molecule has 2 aromatic carbocycles. The monoisotopic (exact) mass is 451 g/mol. The Kier molecular flexibility index (Phi) is 7.46. The van der Waals surface area contributed by atoms with Gasteiger partial charge in [-0.3, -0.25) is 4.90 Å². The van der Waals surface area contributed by atoms with Crippen LogP contribution in [0.4, 0.5) is 4.39 Å². The zero-order valence-electron chi connectivity index (χ0n) is 19.7. The molecule has 1 atom stereocenters. The van der Waals surface area contributed by atoms with Crippen molar-refractivity contribution in [2.75, 3.05) is 13.1 Å². The van der Waals surface area contributed by atoms with Crippen LogP contribution in [0.2, 0.25) is 0 Å². The van der Waals surface area contributed by atoms with E-state index in [2.05, 4.69) is 18.7 Å². The summed E-state index contributed by atoms with van der Waals surface area (Å²) in [5.74, 6) is 1.13. The first-order valence-corrected chi connectivity index (χ1v) is 12.0. The fourth-order valence-electron chi connectivity index (χ4n) is 4.06. The molecule has 0 spiro atoms. The van der Waals surface area contributed by atoms with Crippen LogP contribution in [-0.2, 0) is 6.54 Å². The number of hydrogen-bond donors (Lipinski definition) is 1. The zero-order valence-corrected chi connectivity index (χ0v) is 19.7. The van der Waals surface area contributed by atoms with Crippen molar-refractivity contribution < 1.29 is 14.2 Å². The maximum atomic E-state index is 14.6. The molecule has 0 bridgehead atoms. The van der Waals surface area contributed by atoms with E-state index in [1.807, 2.05) is 37.3 Å². The van der Waals surface area contributed by atoms with E-state index < -0.39 is 5.82 Å². The number of aromatic nitrogens is 2. The van der Waals surface area contributed by atoms with Gasteiger partial charge in [0, 0.05) is 19.6 Å². The normalized spacial score (nSPS) is 14.8. The summed E-state index contributed by atoms with van der Waals surface area (Å²) in [5, 5.41) is 15.3. The van der Waals surface area contributed by atoms with E-state index in [0.717, 1.165) is 23.5 Å². The molecule has 0 amide bonds. The maximum absolute atomic E-state index is 14.6. The molecule has 6 heteroatoms. The zero-order chi connectivity index (χ0) is 23.4. The molecule has 1 unspecified atom stereocenters. The molecule has 1 fully saturated rings. The van der Waals surface area contributed by atoms with Gasteiger partial charge in [-0.1, -0.05) is 51.1 Å². The van der Waals surface area contributed by atoms with Crippen LogP contribution >= 0.6 is 0 Å². The van der Waals surface area contributed by atoms with Crippen LogP contribution < -0.4 is 4.74 Å². The Labute approximate surface area is 195 Å². The molecule has 0 aliphatic heterocycles. The Hall–Kier alpha value is -2.70. The number of para-hydroxylation sites is 2. The van der Waals surface area contributed by atoms with Crippen LogP contribution in [0.1, 0.15) is 57.2 Å². The minimum absolute atomic E-state index is 0.159. The van der Waals surface area contributed by atoms with E-state index in [1.165, 1.54) is 18.9 Å². The average molecular weight is 452 g/mol. The van der Waals surface area contributed by atoms with Gasteiger partial charge in [-0.25, -0.2) is 9.07 Å². The third kappa shape index (κ3) is 5.81. The lowest BCUT2D eigenvalue weighted by Gasteiger charge is -2.25. The van der Waals surface area contributed by atoms with Gasteiger partial charge in [-0.15, -0.1) is 0 Å². The molecular formula is C27H34FN3O2. The highest BCUT2D eigenvalue weighted by Crippen LogP contribution is 2.37. The van der Waals surface area contributed by atoms with E-state index in [4.69, 9.17) is 9.84 Å². The first-order valence-electron chi connectivity index (χ1n) is 12.0. The lowest BCUT2D eigenvalue weighted by atomic mass is 10.0. The summed E-state index contributed by atoms with van der Waals surface area (Å²) in [7, 11) is 0. The number of benzene rings is 2. The predicted octanol–water partition coefficient (Wildman–Crippen LogP) is 5.91. The first-order chi connectivity index (χ1) is 16.0. The summed E-state index contributed by atoms with van der Waals surface area (Å²) >= 11 is 0. The van der Waals surface area contributed by atoms with Gasteiger partial charge in [0.15, 0.2) is 11.6 Å². The van der Waals surface area contributed by atoms with Crippen LogP contribution in [-0.4, -0.2) is 39.0 Å². The van der Waals surface area contributed by atoms with Gasteiger partial charge in [0.2, 0.25) is 5.88 Å². The van der Waals surface area contributed by atoms with E-state index in [-0.39, 0.29) is 17.8 Å². The molecule has 1 heterocycles. The second kappa shape index (κ2) is 10.5. The maximum Gasteiger partial charge on any atom is 0.227 e. The number of nitrogens with zero attached hydrogens (tertiary/aromatic N) is 3. The number of halogens is 1. The van der Waals surface area contributed by atoms with Crippen molar-refractivity contribution in [3.8, 4) is 17.3 Å². The Morgan fingerprint density at radius 1 is 1.12 bits per heavy atom. The summed E-state index contributed by atoms with van der Waals surface area (Å²) in [6.07, 6.45) is 2.79. The van der Waals surface area contributed by atoms with Crippen LogP contribution in [0.3, 0.4) is 0 Å². The quantitative estimate of drug-likeness (QED) is 0.394. The summed E-state index contributed by atoms with van der Waals surface area (Å²) in [6, 6.07) is 16.3.